The van der Waals surface area contributed by atoms with Crippen molar-refractivity contribution in [1.29, 1.82) is 0 Å². The second kappa shape index (κ2) is 7.67. The summed E-state index contributed by atoms with van der Waals surface area (Å²) in [5.74, 6) is -1.50. The zero-order valence-electron chi connectivity index (χ0n) is 12.7. The van der Waals surface area contributed by atoms with Crippen LogP contribution in [0.5, 0.6) is 5.75 Å². The van der Waals surface area contributed by atoms with Crippen molar-refractivity contribution in [2.24, 2.45) is 5.92 Å². The van der Waals surface area contributed by atoms with Crippen molar-refractivity contribution in [1.82, 2.24) is 5.32 Å². The van der Waals surface area contributed by atoms with Crippen LogP contribution in [0.15, 0.2) is 18.2 Å². The quantitative estimate of drug-likeness (QED) is 0.721. The monoisotopic (exact) mass is 293 g/mol. The third-order valence-corrected chi connectivity index (χ3v) is 3.47. The number of carboxylic acids is 1. The van der Waals surface area contributed by atoms with Gasteiger partial charge in [-0.1, -0.05) is 19.4 Å². The molecule has 0 aliphatic heterocycles. The molecule has 1 amide bonds. The first-order valence-electron chi connectivity index (χ1n) is 7.14. The van der Waals surface area contributed by atoms with Crippen LogP contribution in [-0.2, 0) is 4.79 Å². The molecule has 0 bridgehead atoms. The highest BCUT2D eigenvalue weighted by Gasteiger charge is 2.15. The maximum absolute atomic E-state index is 12.0. The van der Waals surface area contributed by atoms with E-state index in [2.05, 4.69) is 5.32 Å². The van der Waals surface area contributed by atoms with Gasteiger partial charge in [0.1, 0.15) is 5.75 Å². The van der Waals surface area contributed by atoms with Crippen molar-refractivity contribution in [3.05, 3.63) is 29.3 Å². The lowest BCUT2D eigenvalue weighted by molar-refractivity contribution is -0.141. The Morgan fingerprint density at radius 3 is 2.48 bits per heavy atom. The molecule has 1 aromatic rings. The van der Waals surface area contributed by atoms with Crippen LogP contribution in [0.4, 0.5) is 0 Å². The van der Waals surface area contributed by atoms with E-state index in [-0.39, 0.29) is 29.2 Å². The van der Waals surface area contributed by atoms with Gasteiger partial charge in [0.25, 0.3) is 5.91 Å². The standard InChI is InChI=1S/C16H23NO4/c1-10-7-8-13(14(18)9-10)15(19)17-12(3)6-4-5-11(2)16(20)21/h7-9,11-12,18H,4-6H2,1-3H3,(H,17,19)(H,20,21). The number of amides is 1. The number of rotatable bonds is 7. The average molecular weight is 293 g/mol. The number of aromatic hydroxyl groups is 1. The van der Waals surface area contributed by atoms with Gasteiger partial charge in [-0.15, -0.1) is 0 Å². The fourth-order valence-corrected chi connectivity index (χ4v) is 2.06. The molecule has 0 aromatic heterocycles. The van der Waals surface area contributed by atoms with Crippen LogP contribution < -0.4 is 5.32 Å². The highest BCUT2D eigenvalue weighted by atomic mass is 16.4. The number of hydrogen-bond acceptors (Lipinski definition) is 3. The van der Waals surface area contributed by atoms with Crippen LogP contribution in [0.3, 0.4) is 0 Å². The number of aryl methyl sites for hydroxylation is 1. The number of hydrogen-bond donors (Lipinski definition) is 3. The maximum Gasteiger partial charge on any atom is 0.306 e. The molecule has 5 nitrogen and oxygen atoms in total. The van der Waals surface area contributed by atoms with Gasteiger partial charge < -0.3 is 15.5 Å². The summed E-state index contributed by atoms with van der Waals surface area (Å²) in [7, 11) is 0. The van der Waals surface area contributed by atoms with Gasteiger partial charge in [-0.3, -0.25) is 9.59 Å². The van der Waals surface area contributed by atoms with Crippen molar-refractivity contribution in [3.63, 3.8) is 0 Å². The minimum atomic E-state index is -0.795. The van der Waals surface area contributed by atoms with E-state index in [4.69, 9.17) is 5.11 Å². The Morgan fingerprint density at radius 1 is 1.24 bits per heavy atom. The Balaban J connectivity index is 2.45. The van der Waals surface area contributed by atoms with Crippen LogP contribution in [0.1, 0.15) is 49.0 Å². The molecule has 0 fully saturated rings. The highest BCUT2D eigenvalue weighted by Crippen LogP contribution is 2.18. The minimum Gasteiger partial charge on any atom is -0.507 e. The second-order valence-corrected chi connectivity index (χ2v) is 5.57. The first-order valence-corrected chi connectivity index (χ1v) is 7.14. The summed E-state index contributed by atoms with van der Waals surface area (Å²) in [6.45, 7) is 5.39. The van der Waals surface area contributed by atoms with Crippen molar-refractivity contribution in [3.8, 4) is 5.75 Å². The largest absolute Gasteiger partial charge is 0.507 e. The van der Waals surface area contributed by atoms with Gasteiger partial charge in [0, 0.05) is 6.04 Å². The van der Waals surface area contributed by atoms with Gasteiger partial charge in [0.2, 0.25) is 0 Å². The minimum absolute atomic E-state index is 0.0285. The van der Waals surface area contributed by atoms with E-state index >= 15 is 0 Å². The van der Waals surface area contributed by atoms with E-state index in [0.29, 0.717) is 12.8 Å². The normalized spacial score (nSPS) is 13.5. The van der Waals surface area contributed by atoms with E-state index in [1.54, 1.807) is 25.1 Å². The Labute approximate surface area is 125 Å². The highest BCUT2D eigenvalue weighted by molar-refractivity contribution is 5.97. The Morgan fingerprint density at radius 2 is 1.90 bits per heavy atom. The van der Waals surface area contributed by atoms with Gasteiger partial charge >= 0.3 is 5.97 Å². The van der Waals surface area contributed by atoms with Gasteiger partial charge in [-0.05, 0) is 44.4 Å². The SMILES string of the molecule is Cc1ccc(C(=O)NC(C)CCCC(C)C(=O)O)c(O)c1. The van der Waals surface area contributed by atoms with Crippen molar-refractivity contribution < 1.29 is 19.8 Å². The van der Waals surface area contributed by atoms with Crippen LogP contribution in [0.25, 0.3) is 0 Å². The first-order chi connectivity index (χ1) is 9.81. The molecule has 0 spiro atoms. The topological polar surface area (TPSA) is 86.6 Å². The van der Waals surface area contributed by atoms with Gasteiger partial charge in [-0.2, -0.15) is 0 Å². The number of phenols is 1. The number of benzene rings is 1. The molecular weight excluding hydrogens is 270 g/mol. The molecule has 5 heteroatoms. The summed E-state index contributed by atoms with van der Waals surface area (Å²) >= 11 is 0. The average Bonchev–Trinajstić information content (AvgIpc) is 2.37. The fraction of sp³-hybridized carbons (Fsp3) is 0.500. The van der Waals surface area contributed by atoms with Crippen molar-refractivity contribution in [2.75, 3.05) is 0 Å². The van der Waals surface area contributed by atoms with E-state index in [1.807, 2.05) is 13.8 Å². The molecule has 0 aliphatic carbocycles. The second-order valence-electron chi connectivity index (χ2n) is 5.57. The molecule has 1 rings (SSSR count). The third kappa shape index (κ3) is 5.45. The van der Waals surface area contributed by atoms with Crippen LogP contribution >= 0.6 is 0 Å². The molecule has 1 aromatic carbocycles. The lowest BCUT2D eigenvalue weighted by Gasteiger charge is -2.15. The number of carboxylic acid groups (broad SMARTS) is 1. The number of carbonyl (C=O) groups excluding carboxylic acids is 1. The molecule has 2 unspecified atom stereocenters. The molecular formula is C16H23NO4. The van der Waals surface area contributed by atoms with E-state index in [0.717, 1.165) is 12.0 Å². The summed E-state index contributed by atoms with van der Waals surface area (Å²) in [5, 5.41) is 21.4. The predicted octanol–water partition coefficient (Wildman–Crippen LogP) is 2.71. The molecule has 0 saturated carbocycles. The summed E-state index contributed by atoms with van der Waals surface area (Å²) in [6.07, 6.45) is 2.02. The lowest BCUT2D eigenvalue weighted by Crippen LogP contribution is -2.32. The molecule has 3 N–H and O–H groups in total. The predicted molar refractivity (Wildman–Crippen MR) is 80.4 cm³/mol. The zero-order chi connectivity index (χ0) is 16.0. The smallest absolute Gasteiger partial charge is 0.306 e. The van der Waals surface area contributed by atoms with Crippen molar-refractivity contribution in [2.45, 2.75) is 46.1 Å². The fourth-order valence-electron chi connectivity index (χ4n) is 2.06. The van der Waals surface area contributed by atoms with E-state index in [1.165, 1.54) is 0 Å². The Hall–Kier alpha value is -2.04. The van der Waals surface area contributed by atoms with Gasteiger partial charge in [0.05, 0.1) is 11.5 Å². The van der Waals surface area contributed by atoms with Crippen LogP contribution in [-0.4, -0.2) is 28.1 Å². The van der Waals surface area contributed by atoms with Crippen LogP contribution in [0, 0.1) is 12.8 Å². The molecule has 0 radical (unpaired) electrons. The van der Waals surface area contributed by atoms with Crippen molar-refractivity contribution >= 4 is 11.9 Å². The van der Waals surface area contributed by atoms with Gasteiger partial charge in [-0.25, -0.2) is 0 Å². The number of aliphatic carboxylic acids is 1. The zero-order valence-corrected chi connectivity index (χ0v) is 12.7. The molecule has 21 heavy (non-hydrogen) atoms. The number of nitrogens with one attached hydrogen (secondary N) is 1. The summed E-state index contributed by atoms with van der Waals surface area (Å²) in [4.78, 5) is 22.7. The van der Waals surface area contributed by atoms with Crippen LogP contribution in [0.2, 0.25) is 0 Å². The van der Waals surface area contributed by atoms with E-state index < -0.39 is 5.97 Å². The molecule has 0 aliphatic rings. The Kier molecular flexibility index (Phi) is 6.21. The maximum atomic E-state index is 12.0. The summed E-state index contributed by atoms with van der Waals surface area (Å²) in [5.41, 5.74) is 1.14. The Bertz CT molecular complexity index is 513. The third-order valence-electron chi connectivity index (χ3n) is 3.47. The molecule has 0 heterocycles. The molecule has 0 saturated heterocycles. The molecule has 2 atom stereocenters. The summed E-state index contributed by atoms with van der Waals surface area (Å²) < 4.78 is 0. The van der Waals surface area contributed by atoms with E-state index in [9.17, 15) is 14.7 Å². The lowest BCUT2D eigenvalue weighted by atomic mass is 10.0. The molecule has 116 valence electrons. The first kappa shape index (κ1) is 17.0. The summed E-state index contributed by atoms with van der Waals surface area (Å²) in [6, 6.07) is 4.85. The number of phenolic OH excluding ortho intramolecular Hbond substituents is 1. The number of carbonyl (C=O) groups is 2. The van der Waals surface area contributed by atoms with Gasteiger partial charge in [0.15, 0.2) is 0 Å².